The Morgan fingerprint density at radius 1 is 1.08 bits per heavy atom. The van der Waals surface area contributed by atoms with Crippen LogP contribution in [0.5, 0.6) is 0 Å². The van der Waals surface area contributed by atoms with E-state index in [2.05, 4.69) is 5.32 Å². The Balaban J connectivity index is 1.73. The van der Waals surface area contributed by atoms with E-state index in [9.17, 15) is 9.59 Å². The van der Waals surface area contributed by atoms with Crippen LogP contribution in [-0.2, 0) is 9.59 Å². The first-order valence-electron chi connectivity index (χ1n) is 8.94. The lowest BCUT2D eigenvalue weighted by molar-refractivity contribution is -0.142. The standard InChI is InChI=1S/C21H26N2O2/c1-21(2,3)20(25)23-13-7-10-16(14-23)19(24)22-18-12-6-9-15-8-4-5-11-17(15)18/h4-6,8-9,11-12,16H,7,10,13-14H2,1-3H3,(H,22,24). The molecule has 4 heteroatoms. The van der Waals surface area contributed by atoms with Crippen molar-refractivity contribution in [3.8, 4) is 0 Å². The van der Waals surface area contributed by atoms with Gasteiger partial charge in [-0.05, 0) is 24.3 Å². The zero-order valence-electron chi connectivity index (χ0n) is 15.2. The summed E-state index contributed by atoms with van der Waals surface area (Å²) in [6, 6.07) is 13.9. The Labute approximate surface area is 149 Å². The van der Waals surface area contributed by atoms with Crippen molar-refractivity contribution in [3.63, 3.8) is 0 Å². The summed E-state index contributed by atoms with van der Waals surface area (Å²) in [5.74, 6) is -0.0306. The molecule has 132 valence electrons. The van der Waals surface area contributed by atoms with E-state index < -0.39 is 5.41 Å². The fourth-order valence-electron chi connectivity index (χ4n) is 3.42. The lowest BCUT2D eigenvalue weighted by atomic mass is 9.91. The fraction of sp³-hybridized carbons (Fsp3) is 0.429. The summed E-state index contributed by atoms with van der Waals surface area (Å²) in [4.78, 5) is 27.1. The molecule has 0 aromatic heterocycles. The van der Waals surface area contributed by atoms with Crippen LogP contribution in [0.3, 0.4) is 0 Å². The molecule has 25 heavy (non-hydrogen) atoms. The number of rotatable bonds is 2. The van der Waals surface area contributed by atoms with E-state index >= 15 is 0 Å². The van der Waals surface area contributed by atoms with Crippen molar-refractivity contribution < 1.29 is 9.59 Å². The summed E-state index contributed by atoms with van der Waals surface area (Å²) in [5, 5.41) is 5.22. The Kier molecular flexibility index (Phi) is 4.80. The number of fused-ring (bicyclic) bond motifs is 1. The molecule has 1 fully saturated rings. The van der Waals surface area contributed by atoms with E-state index in [1.54, 1.807) is 0 Å². The summed E-state index contributed by atoms with van der Waals surface area (Å²) < 4.78 is 0. The minimum Gasteiger partial charge on any atom is -0.341 e. The molecular weight excluding hydrogens is 312 g/mol. The highest BCUT2D eigenvalue weighted by atomic mass is 16.2. The third-order valence-corrected chi connectivity index (χ3v) is 4.77. The maximum absolute atomic E-state index is 12.8. The van der Waals surface area contributed by atoms with Crippen molar-refractivity contribution in [2.24, 2.45) is 11.3 Å². The van der Waals surface area contributed by atoms with Crippen LogP contribution >= 0.6 is 0 Å². The smallest absolute Gasteiger partial charge is 0.229 e. The van der Waals surface area contributed by atoms with Gasteiger partial charge in [-0.1, -0.05) is 57.2 Å². The van der Waals surface area contributed by atoms with Gasteiger partial charge in [0.1, 0.15) is 0 Å². The molecule has 3 rings (SSSR count). The average molecular weight is 338 g/mol. The molecule has 1 saturated heterocycles. The Morgan fingerprint density at radius 2 is 1.80 bits per heavy atom. The van der Waals surface area contributed by atoms with E-state index in [0.717, 1.165) is 35.8 Å². The fourth-order valence-corrected chi connectivity index (χ4v) is 3.42. The second-order valence-electron chi connectivity index (χ2n) is 7.86. The third kappa shape index (κ3) is 3.84. The molecule has 1 heterocycles. The van der Waals surface area contributed by atoms with Crippen molar-refractivity contribution in [3.05, 3.63) is 42.5 Å². The maximum atomic E-state index is 12.8. The molecule has 1 N–H and O–H groups in total. The molecule has 2 aromatic carbocycles. The predicted octanol–water partition coefficient (Wildman–Crippen LogP) is 4.06. The minimum absolute atomic E-state index is 0.00256. The van der Waals surface area contributed by atoms with Gasteiger partial charge < -0.3 is 10.2 Å². The number of carbonyl (C=O) groups is 2. The molecule has 2 amide bonds. The van der Waals surface area contributed by atoms with Gasteiger partial charge in [0.05, 0.1) is 5.92 Å². The largest absolute Gasteiger partial charge is 0.341 e. The quantitative estimate of drug-likeness (QED) is 0.897. The Morgan fingerprint density at radius 3 is 2.56 bits per heavy atom. The Bertz CT molecular complexity index is 787. The zero-order valence-corrected chi connectivity index (χ0v) is 15.2. The summed E-state index contributed by atoms with van der Waals surface area (Å²) in [6.07, 6.45) is 1.69. The van der Waals surface area contributed by atoms with Crippen LogP contribution in [0.15, 0.2) is 42.5 Å². The molecular formula is C21H26N2O2. The summed E-state index contributed by atoms with van der Waals surface area (Å²) in [7, 11) is 0. The lowest BCUT2D eigenvalue weighted by Gasteiger charge is -2.35. The van der Waals surface area contributed by atoms with Gasteiger partial charge in [0.2, 0.25) is 11.8 Å². The number of benzene rings is 2. The van der Waals surface area contributed by atoms with Crippen LogP contribution in [-0.4, -0.2) is 29.8 Å². The van der Waals surface area contributed by atoms with Crippen LogP contribution in [0.4, 0.5) is 5.69 Å². The highest BCUT2D eigenvalue weighted by Crippen LogP contribution is 2.27. The maximum Gasteiger partial charge on any atom is 0.229 e. The van der Waals surface area contributed by atoms with Gasteiger partial charge >= 0.3 is 0 Å². The molecule has 0 bridgehead atoms. The number of nitrogens with one attached hydrogen (secondary N) is 1. The molecule has 1 atom stereocenters. The zero-order chi connectivity index (χ0) is 18.0. The van der Waals surface area contributed by atoms with Gasteiger partial charge in [-0.3, -0.25) is 9.59 Å². The number of nitrogens with zero attached hydrogens (tertiary/aromatic N) is 1. The lowest BCUT2D eigenvalue weighted by Crippen LogP contribution is -2.47. The van der Waals surface area contributed by atoms with Gasteiger partial charge in [0.25, 0.3) is 0 Å². The van der Waals surface area contributed by atoms with E-state index in [0.29, 0.717) is 6.54 Å². The number of carbonyl (C=O) groups excluding carboxylic acids is 2. The van der Waals surface area contributed by atoms with E-state index in [4.69, 9.17) is 0 Å². The molecule has 0 radical (unpaired) electrons. The Hall–Kier alpha value is -2.36. The normalized spacial score (nSPS) is 18.2. The summed E-state index contributed by atoms with van der Waals surface area (Å²) in [5.41, 5.74) is 0.427. The molecule has 0 aliphatic carbocycles. The van der Waals surface area contributed by atoms with Crippen molar-refractivity contribution in [1.82, 2.24) is 4.90 Å². The molecule has 1 unspecified atom stereocenters. The topological polar surface area (TPSA) is 49.4 Å². The minimum atomic E-state index is -0.409. The first-order chi connectivity index (χ1) is 11.9. The first-order valence-corrected chi connectivity index (χ1v) is 8.94. The second-order valence-corrected chi connectivity index (χ2v) is 7.86. The number of hydrogen-bond donors (Lipinski definition) is 1. The van der Waals surface area contributed by atoms with E-state index in [1.807, 2.05) is 68.1 Å². The van der Waals surface area contributed by atoms with Gasteiger partial charge in [0, 0.05) is 29.6 Å². The van der Waals surface area contributed by atoms with Crippen molar-refractivity contribution in [1.29, 1.82) is 0 Å². The average Bonchev–Trinajstić information content (AvgIpc) is 2.60. The van der Waals surface area contributed by atoms with Crippen LogP contribution in [0.25, 0.3) is 10.8 Å². The van der Waals surface area contributed by atoms with Crippen molar-refractivity contribution in [2.45, 2.75) is 33.6 Å². The first kappa shape index (κ1) is 17.5. The number of amides is 2. The SMILES string of the molecule is CC(C)(C)C(=O)N1CCCC(C(=O)Nc2cccc3ccccc23)C1. The van der Waals surface area contributed by atoms with Gasteiger partial charge in [-0.15, -0.1) is 0 Å². The van der Waals surface area contributed by atoms with Crippen LogP contribution in [0.2, 0.25) is 0 Å². The second kappa shape index (κ2) is 6.87. The van der Waals surface area contributed by atoms with Crippen LogP contribution in [0, 0.1) is 11.3 Å². The van der Waals surface area contributed by atoms with Gasteiger partial charge in [-0.25, -0.2) is 0 Å². The molecule has 1 aliphatic rings. The van der Waals surface area contributed by atoms with E-state index in [1.165, 1.54) is 0 Å². The molecule has 2 aromatic rings. The number of likely N-dealkylation sites (tertiary alicyclic amines) is 1. The molecule has 4 nitrogen and oxygen atoms in total. The molecule has 0 spiro atoms. The number of anilines is 1. The summed E-state index contributed by atoms with van der Waals surface area (Å²) in [6.45, 7) is 7.03. The number of piperidine rings is 1. The molecule has 1 aliphatic heterocycles. The van der Waals surface area contributed by atoms with Crippen molar-refractivity contribution in [2.75, 3.05) is 18.4 Å². The van der Waals surface area contributed by atoms with Crippen LogP contribution < -0.4 is 5.32 Å². The van der Waals surface area contributed by atoms with E-state index in [-0.39, 0.29) is 17.7 Å². The number of hydrogen-bond acceptors (Lipinski definition) is 2. The predicted molar refractivity (Wildman–Crippen MR) is 101 cm³/mol. The monoisotopic (exact) mass is 338 g/mol. The van der Waals surface area contributed by atoms with Gasteiger partial charge in [-0.2, -0.15) is 0 Å². The highest BCUT2D eigenvalue weighted by Gasteiger charge is 2.33. The highest BCUT2D eigenvalue weighted by molar-refractivity contribution is 6.03. The van der Waals surface area contributed by atoms with Crippen molar-refractivity contribution >= 4 is 28.3 Å². The summed E-state index contributed by atoms with van der Waals surface area (Å²) >= 11 is 0. The molecule has 0 saturated carbocycles. The van der Waals surface area contributed by atoms with Crippen LogP contribution in [0.1, 0.15) is 33.6 Å². The third-order valence-electron chi connectivity index (χ3n) is 4.77. The van der Waals surface area contributed by atoms with Gasteiger partial charge in [0.15, 0.2) is 0 Å².